The van der Waals surface area contributed by atoms with E-state index in [9.17, 15) is 22.4 Å². The smallest absolute Gasteiger partial charge is 0.324 e. The van der Waals surface area contributed by atoms with E-state index in [1.54, 1.807) is 17.0 Å². The summed E-state index contributed by atoms with van der Waals surface area (Å²) in [5.74, 6) is -0.0645. The molecule has 2 saturated heterocycles. The Kier molecular flexibility index (Phi) is 6.23. The number of imide groups is 1. The van der Waals surface area contributed by atoms with Crippen molar-refractivity contribution in [3.63, 3.8) is 0 Å². The number of halogens is 1. The first-order chi connectivity index (χ1) is 14.7. The van der Waals surface area contributed by atoms with Crippen molar-refractivity contribution >= 4 is 21.8 Å². The summed E-state index contributed by atoms with van der Waals surface area (Å²) in [6.45, 7) is 2.82. The summed E-state index contributed by atoms with van der Waals surface area (Å²) >= 11 is 0. The molecule has 9 heteroatoms. The molecule has 2 aliphatic heterocycles. The summed E-state index contributed by atoms with van der Waals surface area (Å²) < 4.78 is 44.8. The van der Waals surface area contributed by atoms with Crippen LogP contribution in [0.2, 0.25) is 0 Å². The van der Waals surface area contributed by atoms with Gasteiger partial charge in [0.05, 0.1) is 18.1 Å². The number of hydrogen-bond acceptors (Lipinski definition) is 5. The molecule has 7 nitrogen and oxygen atoms in total. The van der Waals surface area contributed by atoms with Crippen molar-refractivity contribution in [1.82, 2.24) is 10.2 Å². The first-order valence-corrected chi connectivity index (χ1v) is 12.8. The van der Waals surface area contributed by atoms with Crippen molar-refractivity contribution in [2.75, 3.05) is 24.7 Å². The van der Waals surface area contributed by atoms with Gasteiger partial charge in [0.15, 0.2) is 21.4 Å². The number of carbonyl (C=O) groups excluding carboxylic acids is 2. The summed E-state index contributed by atoms with van der Waals surface area (Å²) in [5, 5.41) is 2.30. The number of benzene rings is 1. The van der Waals surface area contributed by atoms with E-state index >= 15 is 0 Å². The zero-order chi connectivity index (χ0) is 22.2. The number of nitrogens with one attached hydrogen (secondary N) is 1. The number of carbonyl (C=O) groups is 2. The zero-order valence-electron chi connectivity index (χ0n) is 17.7. The molecular formula is C22H29FN2O5S. The van der Waals surface area contributed by atoms with Gasteiger partial charge in [0.25, 0.3) is 5.91 Å². The van der Waals surface area contributed by atoms with Gasteiger partial charge in [-0.25, -0.2) is 17.6 Å². The number of nitrogens with zero attached hydrogens (tertiary/aromatic N) is 1. The summed E-state index contributed by atoms with van der Waals surface area (Å²) in [6, 6.07) is 3.83. The zero-order valence-corrected chi connectivity index (χ0v) is 18.5. The lowest BCUT2D eigenvalue weighted by molar-refractivity contribution is -0.121. The van der Waals surface area contributed by atoms with E-state index in [4.69, 9.17) is 4.74 Å². The van der Waals surface area contributed by atoms with Gasteiger partial charge in [-0.2, -0.15) is 0 Å². The molecule has 0 radical (unpaired) electrons. The molecular weight excluding hydrogens is 423 g/mol. The number of fused-ring (bicyclic) bond motifs is 1. The molecule has 3 atom stereocenters. The Balaban J connectivity index is 1.26. The summed E-state index contributed by atoms with van der Waals surface area (Å²) in [6.07, 6.45) is 3.97. The van der Waals surface area contributed by atoms with E-state index in [-0.39, 0.29) is 41.0 Å². The second kappa shape index (κ2) is 8.76. The summed E-state index contributed by atoms with van der Waals surface area (Å²) in [7, 11) is -3.29. The van der Waals surface area contributed by atoms with E-state index in [2.05, 4.69) is 5.32 Å². The van der Waals surface area contributed by atoms with Crippen LogP contribution in [-0.4, -0.2) is 56.0 Å². The van der Waals surface area contributed by atoms with Crippen LogP contribution in [0, 0.1) is 17.7 Å². The minimum absolute atomic E-state index is 0.0129. The maximum Gasteiger partial charge on any atom is 0.324 e. The normalized spacial score (nSPS) is 24.3. The third-order valence-corrected chi connectivity index (χ3v) is 8.37. The van der Waals surface area contributed by atoms with Crippen molar-refractivity contribution in [3.05, 3.63) is 29.6 Å². The maximum atomic E-state index is 14.0. The fourth-order valence-corrected chi connectivity index (χ4v) is 6.17. The minimum atomic E-state index is -3.29. The maximum absolute atomic E-state index is 14.0. The highest BCUT2D eigenvalue weighted by atomic mass is 32.2. The Morgan fingerprint density at radius 1 is 1.26 bits per heavy atom. The minimum Gasteiger partial charge on any atom is -0.490 e. The van der Waals surface area contributed by atoms with Crippen LogP contribution in [0.4, 0.5) is 9.18 Å². The fourth-order valence-electron chi connectivity index (χ4n) is 4.45. The van der Waals surface area contributed by atoms with Crippen LogP contribution in [0.15, 0.2) is 18.2 Å². The molecule has 0 spiro atoms. The Morgan fingerprint density at radius 3 is 2.74 bits per heavy atom. The van der Waals surface area contributed by atoms with Gasteiger partial charge in [0.2, 0.25) is 0 Å². The van der Waals surface area contributed by atoms with Crippen LogP contribution in [0.5, 0.6) is 5.75 Å². The lowest BCUT2D eigenvalue weighted by atomic mass is 10.0. The molecule has 2 unspecified atom stereocenters. The van der Waals surface area contributed by atoms with Gasteiger partial charge in [0.1, 0.15) is 6.04 Å². The predicted octanol–water partition coefficient (Wildman–Crippen LogP) is 2.85. The SMILES string of the molecule is C[C@@H](CS(=O)(=O)CCCC1CC2C(=O)NC(=O)N2C1)c1ccc(F)c(OCC2CC2)c1. The standard InChI is InChI=1S/C22H29FN2O5S/c1-14(17-6-7-18(23)20(10-17)30-12-15-4-5-15)13-31(28,29)8-2-3-16-9-19-21(26)24-22(27)25(19)11-16/h6-7,10,14-16,19H,2-5,8-9,11-13H2,1H3,(H,24,26,27)/t14-,16?,19?/m0/s1. The molecule has 170 valence electrons. The highest BCUT2D eigenvalue weighted by Gasteiger charge is 2.45. The largest absolute Gasteiger partial charge is 0.490 e. The van der Waals surface area contributed by atoms with Crippen LogP contribution in [0.1, 0.15) is 50.5 Å². The van der Waals surface area contributed by atoms with E-state index in [1.807, 2.05) is 6.92 Å². The number of urea groups is 1. The van der Waals surface area contributed by atoms with Crippen molar-refractivity contribution in [2.24, 2.45) is 11.8 Å². The predicted molar refractivity (Wildman–Crippen MR) is 113 cm³/mol. The molecule has 3 fully saturated rings. The van der Waals surface area contributed by atoms with Gasteiger partial charge in [-0.05, 0) is 67.6 Å². The van der Waals surface area contributed by atoms with Crippen LogP contribution < -0.4 is 10.1 Å². The van der Waals surface area contributed by atoms with E-state index in [0.29, 0.717) is 38.3 Å². The van der Waals surface area contributed by atoms with Gasteiger partial charge >= 0.3 is 6.03 Å². The van der Waals surface area contributed by atoms with E-state index in [0.717, 1.165) is 18.4 Å². The second-order valence-electron chi connectivity index (χ2n) is 9.17. The molecule has 1 N–H and O–H groups in total. The third kappa shape index (κ3) is 5.37. The monoisotopic (exact) mass is 452 g/mol. The average Bonchev–Trinajstić information content (AvgIpc) is 3.37. The Morgan fingerprint density at radius 2 is 2.03 bits per heavy atom. The molecule has 31 heavy (non-hydrogen) atoms. The molecule has 3 aliphatic rings. The molecule has 4 rings (SSSR count). The van der Waals surface area contributed by atoms with E-state index in [1.165, 1.54) is 6.07 Å². The molecule has 1 aromatic carbocycles. The number of amides is 3. The van der Waals surface area contributed by atoms with Crippen molar-refractivity contribution in [2.45, 2.75) is 51.0 Å². The van der Waals surface area contributed by atoms with E-state index < -0.39 is 21.7 Å². The van der Waals surface area contributed by atoms with Crippen LogP contribution in [0.3, 0.4) is 0 Å². The van der Waals surface area contributed by atoms with Gasteiger partial charge in [-0.1, -0.05) is 13.0 Å². The summed E-state index contributed by atoms with van der Waals surface area (Å²) in [4.78, 5) is 25.0. The molecule has 1 saturated carbocycles. The number of rotatable bonds is 10. The topological polar surface area (TPSA) is 92.8 Å². The van der Waals surface area contributed by atoms with Crippen LogP contribution >= 0.6 is 0 Å². The fraction of sp³-hybridized carbons (Fsp3) is 0.636. The van der Waals surface area contributed by atoms with Crippen LogP contribution in [0.25, 0.3) is 0 Å². The lowest BCUT2D eigenvalue weighted by Gasteiger charge is -2.15. The molecule has 2 heterocycles. The average molecular weight is 453 g/mol. The van der Waals surface area contributed by atoms with Crippen LogP contribution in [-0.2, 0) is 14.6 Å². The van der Waals surface area contributed by atoms with Crippen molar-refractivity contribution in [1.29, 1.82) is 0 Å². The molecule has 3 amide bonds. The quantitative estimate of drug-likeness (QED) is 0.551. The van der Waals surface area contributed by atoms with Gasteiger partial charge in [-0.15, -0.1) is 0 Å². The first-order valence-electron chi connectivity index (χ1n) is 11.0. The Labute approximate surface area is 182 Å². The Hall–Kier alpha value is -2.16. The van der Waals surface area contributed by atoms with Crippen molar-refractivity contribution in [3.8, 4) is 5.75 Å². The molecule has 0 bridgehead atoms. The second-order valence-corrected chi connectivity index (χ2v) is 11.4. The molecule has 1 aliphatic carbocycles. The highest BCUT2D eigenvalue weighted by molar-refractivity contribution is 7.91. The number of sulfone groups is 1. The van der Waals surface area contributed by atoms with Gasteiger partial charge < -0.3 is 9.64 Å². The highest BCUT2D eigenvalue weighted by Crippen LogP contribution is 2.32. The molecule has 1 aromatic rings. The summed E-state index contributed by atoms with van der Waals surface area (Å²) in [5.41, 5.74) is 0.747. The third-order valence-electron chi connectivity index (χ3n) is 6.45. The number of hydrogen-bond donors (Lipinski definition) is 1. The van der Waals surface area contributed by atoms with Crippen molar-refractivity contribution < 1.29 is 27.1 Å². The van der Waals surface area contributed by atoms with Gasteiger partial charge in [0, 0.05) is 6.54 Å². The first kappa shape index (κ1) is 22.0. The van der Waals surface area contributed by atoms with Gasteiger partial charge in [-0.3, -0.25) is 10.1 Å². The lowest BCUT2D eigenvalue weighted by Crippen LogP contribution is -2.29. The molecule has 0 aromatic heterocycles. The Bertz CT molecular complexity index is 941. The number of ether oxygens (including phenoxy) is 1.